The van der Waals surface area contributed by atoms with Crippen LogP contribution in [0.3, 0.4) is 0 Å². The monoisotopic (exact) mass is 816 g/mol. The van der Waals surface area contributed by atoms with Crippen LogP contribution in [0, 0.1) is 23.7 Å². The maximum atomic E-state index is 14.5. The predicted molar refractivity (Wildman–Crippen MR) is 213 cm³/mol. The summed E-state index contributed by atoms with van der Waals surface area (Å²) in [7, 11) is 3.84. The van der Waals surface area contributed by atoms with E-state index in [0.29, 0.717) is 43.8 Å². The number of nitrogens with zero attached hydrogens (tertiary/aromatic N) is 5. The molecule has 4 saturated heterocycles. The van der Waals surface area contributed by atoms with Crippen LogP contribution in [0.4, 0.5) is 10.6 Å². The number of carbonyl (C=O) groups excluding carboxylic acids is 2. The molecule has 1 aromatic rings. The number of hydrogen-bond acceptors (Lipinski definition) is 16. The molecule has 6 heterocycles. The quantitative estimate of drug-likeness (QED) is 0.266. The van der Waals surface area contributed by atoms with Crippen molar-refractivity contribution >= 4 is 29.3 Å². The van der Waals surface area contributed by atoms with Crippen LogP contribution in [0.5, 0.6) is 5.75 Å². The van der Waals surface area contributed by atoms with Gasteiger partial charge in [-0.15, -0.1) is 0 Å². The summed E-state index contributed by atoms with van der Waals surface area (Å²) in [5, 5.41) is 26.0. The molecule has 6 rings (SSSR count). The van der Waals surface area contributed by atoms with E-state index < -0.39 is 71.8 Å². The van der Waals surface area contributed by atoms with Crippen molar-refractivity contribution in [3.05, 3.63) is 17.8 Å². The van der Waals surface area contributed by atoms with E-state index in [9.17, 15) is 19.8 Å². The van der Waals surface area contributed by atoms with E-state index >= 15 is 0 Å². The molecule has 17 heteroatoms. The van der Waals surface area contributed by atoms with Crippen LogP contribution in [-0.4, -0.2) is 149 Å². The Balaban J connectivity index is 1.44. The minimum Gasteiger partial charge on any atom is -0.504 e. The summed E-state index contributed by atoms with van der Waals surface area (Å²) in [6.45, 7) is 16.2. The summed E-state index contributed by atoms with van der Waals surface area (Å²) in [6.07, 6.45) is -3.68. The van der Waals surface area contributed by atoms with Gasteiger partial charge in [0.2, 0.25) is 0 Å². The van der Waals surface area contributed by atoms with Gasteiger partial charge in [-0.1, -0.05) is 32.9 Å². The largest absolute Gasteiger partial charge is 0.504 e. The molecule has 1 aromatic heterocycles. The molecule has 1 amide bonds. The summed E-state index contributed by atoms with van der Waals surface area (Å²) >= 11 is 0. The number of anilines is 1. The highest BCUT2D eigenvalue weighted by Crippen LogP contribution is 2.45. The Morgan fingerprint density at radius 3 is 2.53 bits per heavy atom. The standard InChI is InChI=1S/C41H64N6O11/c1-11-30-41(8)34-23(4)31(43-14-15-47(34)39(51)58-41)21(2)17-40(7)35(57-38-32(49)28(46(9)10)16-22(3)55-38)24(5)33(25(6)37(50)56-30)52-18-27(19-53-40)45-54-20-26-12-13-29(48)36(42)44-26/h12-13,21-25,28,30,32-35,38,48-49H,11,14-20H2,1-10H3,(H2,42,44)/t21-,22+,23+,24-,25-,28-,30+,32+,33+,34-,35+,38-,40-,41-/m1/s1. The number of amides is 1. The molecular weight excluding hydrogens is 752 g/mol. The number of aromatic nitrogens is 1. The number of pyridine rings is 1. The third kappa shape index (κ3) is 8.66. The van der Waals surface area contributed by atoms with Gasteiger partial charge in [-0.25, -0.2) is 9.78 Å². The first-order valence-electron chi connectivity index (χ1n) is 20.7. The lowest BCUT2D eigenvalue weighted by Crippen LogP contribution is -2.60. The minimum atomic E-state index is -1.15. The highest BCUT2D eigenvalue weighted by molar-refractivity contribution is 5.91. The van der Waals surface area contributed by atoms with Gasteiger partial charge in [0.1, 0.15) is 17.9 Å². The van der Waals surface area contributed by atoms with Crippen LogP contribution in [-0.2, 0) is 44.7 Å². The van der Waals surface area contributed by atoms with E-state index in [2.05, 4.69) is 24.0 Å². The number of aliphatic imine (C=N–C) groups is 1. The Bertz CT molecular complexity index is 1710. The van der Waals surface area contributed by atoms with Gasteiger partial charge in [-0.3, -0.25) is 14.7 Å². The third-order valence-electron chi connectivity index (χ3n) is 12.9. The van der Waals surface area contributed by atoms with Crippen LogP contribution >= 0.6 is 0 Å². The molecule has 4 N–H and O–H groups in total. The van der Waals surface area contributed by atoms with Crippen LogP contribution in [0.1, 0.15) is 80.3 Å². The van der Waals surface area contributed by atoms with Gasteiger partial charge in [0.05, 0.1) is 61.3 Å². The van der Waals surface area contributed by atoms with Crippen molar-refractivity contribution in [1.82, 2.24) is 14.8 Å². The SMILES string of the molecule is CC[C@@H]1OC(=O)[C@H](C)[C@H]2OCC(=NOCc3ccc(O)c(N)n3)CO[C@](C)(C[C@@H](C)C3=NCCN4C(=O)O[C@@]1(C)[C@H]4[C@H]3C)[C@@H](O[C@H]1O[C@@H](C)C[C@@H](N(C)C)[C@@H]1O)[C@@H]2C. The number of aliphatic hydroxyl groups excluding tert-OH is 1. The molecule has 5 aliphatic heterocycles. The smallest absolute Gasteiger partial charge is 0.410 e. The lowest BCUT2D eigenvalue weighted by molar-refractivity contribution is -0.302. The minimum absolute atomic E-state index is 0.0276. The number of carbonyl (C=O) groups is 2. The van der Waals surface area contributed by atoms with E-state index in [1.165, 1.54) is 6.07 Å². The van der Waals surface area contributed by atoms with E-state index in [-0.39, 0.29) is 55.4 Å². The van der Waals surface area contributed by atoms with Crippen molar-refractivity contribution in [2.45, 2.75) is 141 Å². The normalized spacial score (nSPS) is 40.8. The second kappa shape index (κ2) is 17.5. The lowest BCUT2D eigenvalue weighted by Gasteiger charge is -2.48. The van der Waals surface area contributed by atoms with E-state index in [4.69, 9.17) is 44.0 Å². The molecule has 324 valence electrons. The number of nitrogens with two attached hydrogens (primary N) is 1. The van der Waals surface area contributed by atoms with Gasteiger partial charge in [0.25, 0.3) is 0 Å². The molecule has 4 fully saturated rings. The summed E-state index contributed by atoms with van der Waals surface area (Å²) in [4.78, 5) is 46.7. The maximum Gasteiger partial charge on any atom is 0.410 e. The van der Waals surface area contributed by atoms with E-state index in [1.54, 1.807) is 17.9 Å². The first-order valence-corrected chi connectivity index (χ1v) is 20.7. The Morgan fingerprint density at radius 1 is 1.10 bits per heavy atom. The van der Waals surface area contributed by atoms with Gasteiger partial charge < -0.3 is 54.1 Å². The van der Waals surface area contributed by atoms with Crippen molar-refractivity contribution in [3.63, 3.8) is 0 Å². The third-order valence-corrected chi connectivity index (χ3v) is 12.9. The molecule has 0 aromatic carbocycles. The maximum absolute atomic E-state index is 14.5. The van der Waals surface area contributed by atoms with Crippen LogP contribution < -0.4 is 5.73 Å². The highest BCUT2D eigenvalue weighted by Gasteiger charge is 2.60. The van der Waals surface area contributed by atoms with Crippen molar-refractivity contribution in [2.24, 2.45) is 33.8 Å². The van der Waals surface area contributed by atoms with Crippen molar-refractivity contribution < 1.29 is 53.1 Å². The molecular formula is C41H64N6O11. The molecule has 17 nitrogen and oxygen atoms in total. The number of rotatable bonds is 7. The van der Waals surface area contributed by atoms with Crippen LogP contribution in [0.15, 0.2) is 22.3 Å². The second-order valence-electron chi connectivity index (χ2n) is 17.5. The van der Waals surface area contributed by atoms with Gasteiger partial charge in [-0.05, 0) is 79.1 Å². The number of hydrogen-bond donors (Lipinski definition) is 3. The number of fused-ring (bicyclic) bond motifs is 4. The van der Waals surface area contributed by atoms with Gasteiger partial charge >= 0.3 is 12.1 Å². The molecule has 0 spiro atoms. The zero-order chi connectivity index (χ0) is 42.3. The number of oxime groups is 1. The number of nitrogen functional groups attached to an aromatic ring is 1. The van der Waals surface area contributed by atoms with Gasteiger partial charge in [0.15, 0.2) is 30.1 Å². The topological polar surface area (TPSA) is 209 Å². The molecule has 5 aliphatic rings. The first kappa shape index (κ1) is 44.0. The van der Waals surface area contributed by atoms with Crippen molar-refractivity contribution in [2.75, 3.05) is 46.1 Å². The number of esters is 1. The van der Waals surface area contributed by atoms with Crippen LogP contribution in [0.2, 0.25) is 0 Å². The fourth-order valence-corrected chi connectivity index (χ4v) is 10.00. The summed E-state index contributed by atoms with van der Waals surface area (Å²) in [5.41, 5.74) is 5.26. The Morgan fingerprint density at radius 2 is 1.84 bits per heavy atom. The molecule has 0 saturated carbocycles. The van der Waals surface area contributed by atoms with E-state index in [0.717, 1.165) is 5.71 Å². The molecule has 14 atom stereocenters. The fourth-order valence-electron chi connectivity index (χ4n) is 10.00. The fraction of sp³-hybridized carbons (Fsp3) is 0.780. The summed E-state index contributed by atoms with van der Waals surface area (Å²) < 4.78 is 39.6. The number of cyclic esters (lactones) is 1. The van der Waals surface area contributed by atoms with Gasteiger partial charge in [-0.2, -0.15) is 0 Å². The van der Waals surface area contributed by atoms with Gasteiger partial charge in [0, 0.05) is 30.1 Å². The van der Waals surface area contributed by atoms with Crippen molar-refractivity contribution in [1.29, 1.82) is 0 Å². The molecule has 0 radical (unpaired) electrons. The Kier molecular flexibility index (Phi) is 13.3. The predicted octanol–water partition coefficient (Wildman–Crippen LogP) is 3.53. The Hall–Kier alpha value is -3.61. The van der Waals surface area contributed by atoms with E-state index in [1.807, 2.05) is 53.6 Å². The molecule has 4 bridgehead atoms. The zero-order valence-corrected chi connectivity index (χ0v) is 35.6. The molecule has 0 unspecified atom stereocenters. The first-order chi connectivity index (χ1) is 27.4. The number of ether oxygens (including phenoxy) is 6. The molecule has 0 aliphatic carbocycles. The zero-order valence-electron chi connectivity index (χ0n) is 35.6. The average molecular weight is 817 g/mol. The molecule has 58 heavy (non-hydrogen) atoms. The number of aliphatic hydroxyl groups is 1. The number of aromatic hydroxyl groups is 1. The van der Waals surface area contributed by atoms with Crippen LogP contribution in [0.25, 0.3) is 0 Å². The highest BCUT2D eigenvalue weighted by atomic mass is 16.7. The average Bonchev–Trinajstić information content (AvgIpc) is 3.31. The van der Waals surface area contributed by atoms with Crippen molar-refractivity contribution in [3.8, 4) is 5.75 Å². The number of likely N-dealkylation sites (N-methyl/N-ethyl adjacent to an activating group) is 1. The second-order valence-corrected chi connectivity index (χ2v) is 17.5. The summed E-state index contributed by atoms with van der Waals surface area (Å²) in [5.74, 6) is -2.56. The Labute approximate surface area is 341 Å². The lowest BCUT2D eigenvalue weighted by atomic mass is 9.72. The summed E-state index contributed by atoms with van der Waals surface area (Å²) in [6, 6.07) is 2.33.